The lowest BCUT2D eigenvalue weighted by Gasteiger charge is -2.20. The summed E-state index contributed by atoms with van der Waals surface area (Å²) in [7, 11) is 5.11. The van der Waals surface area contributed by atoms with Gasteiger partial charge in [0.05, 0.1) is 6.04 Å². The standard InChI is InChI=1S/C12H18N2O3.BrH/c1-13-9(12(17)14(2)3)6-8-4-5-10(15)11(16)7-8;/h4-5,7,9,13,15-16H,6H2,1-3H3;1H. The number of halogens is 1. The van der Waals surface area contributed by atoms with Crippen molar-refractivity contribution in [3.8, 4) is 11.5 Å². The first-order chi connectivity index (χ1) is 7.95. The molecule has 0 bridgehead atoms. The number of aromatic hydroxyl groups is 2. The monoisotopic (exact) mass is 318 g/mol. The van der Waals surface area contributed by atoms with Crippen LogP contribution < -0.4 is 5.32 Å². The Kier molecular flexibility index (Phi) is 6.72. The van der Waals surface area contributed by atoms with Crippen LogP contribution in [0.15, 0.2) is 18.2 Å². The van der Waals surface area contributed by atoms with E-state index in [1.807, 2.05) is 0 Å². The smallest absolute Gasteiger partial charge is 0.239 e. The molecule has 0 spiro atoms. The number of hydrogen-bond donors (Lipinski definition) is 3. The van der Waals surface area contributed by atoms with Crippen LogP contribution in [0.4, 0.5) is 0 Å². The van der Waals surface area contributed by atoms with Crippen molar-refractivity contribution >= 4 is 22.9 Å². The van der Waals surface area contributed by atoms with Crippen LogP contribution in [0.3, 0.4) is 0 Å². The fourth-order valence-electron chi connectivity index (χ4n) is 1.56. The van der Waals surface area contributed by atoms with E-state index >= 15 is 0 Å². The van der Waals surface area contributed by atoms with Crippen molar-refractivity contribution in [2.24, 2.45) is 0 Å². The summed E-state index contributed by atoms with van der Waals surface area (Å²) < 4.78 is 0. The van der Waals surface area contributed by atoms with Gasteiger partial charge in [0, 0.05) is 14.1 Å². The molecule has 0 fully saturated rings. The third-order valence-electron chi connectivity index (χ3n) is 2.57. The van der Waals surface area contributed by atoms with Crippen molar-refractivity contribution in [3.63, 3.8) is 0 Å². The topological polar surface area (TPSA) is 72.8 Å². The van der Waals surface area contributed by atoms with Gasteiger partial charge in [-0.25, -0.2) is 0 Å². The number of nitrogens with one attached hydrogen (secondary N) is 1. The van der Waals surface area contributed by atoms with Crippen LogP contribution in [-0.2, 0) is 11.2 Å². The van der Waals surface area contributed by atoms with Gasteiger partial charge < -0.3 is 20.4 Å². The van der Waals surface area contributed by atoms with Crippen LogP contribution in [0.5, 0.6) is 11.5 Å². The van der Waals surface area contributed by atoms with Crippen molar-refractivity contribution in [3.05, 3.63) is 23.8 Å². The average molecular weight is 319 g/mol. The van der Waals surface area contributed by atoms with Gasteiger partial charge in [-0.15, -0.1) is 17.0 Å². The Labute approximate surface area is 117 Å². The summed E-state index contributed by atoms with van der Waals surface area (Å²) in [5, 5.41) is 21.5. The van der Waals surface area contributed by atoms with E-state index in [1.54, 1.807) is 27.2 Å². The highest BCUT2D eigenvalue weighted by Crippen LogP contribution is 2.25. The molecule has 6 heteroatoms. The van der Waals surface area contributed by atoms with E-state index in [4.69, 9.17) is 0 Å². The molecule has 1 atom stereocenters. The van der Waals surface area contributed by atoms with Crippen LogP contribution in [0, 0.1) is 0 Å². The average Bonchev–Trinajstić information content (AvgIpc) is 2.29. The van der Waals surface area contributed by atoms with Crippen LogP contribution in [-0.4, -0.2) is 48.2 Å². The van der Waals surface area contributed by atoms with Crippen LogP contribution in [0.2, 0.25) is 0 Å². The molecule has 0 aliphatic carbocycles. The second-order valence-corrected chi connectivity index (χ2v) is 4.10. The normalized spacial score (nSPS) is 11.5. The number of likely N-dealkylation sites (N-methyl/N-ethyl adjacent to an activating group) is 2. The Morgan fingerprint density at radius 1 is 1.33 bits per heavy atom. The van der Waals surface area contributed by atoms with Crippen molar-refractivity contribution < 1.29 is 15.0 Å². The number of rotatable bonds is 4. The van der Waals surface area contributed by atoms with E-state index < -0.39 is 0 Å². The van der Waals surface area contributed by atoms with E-state index in [-0.39, 0.29) is 40.4 Å². The van der Waals surface area contributed by atoms with Gasteiger partial charge in [-0.05, 0) is 31.2 Å². The molecule has 0 saturated carbocycles. The predicted molar refractivity (Wildman–Crippen MR) is 75.3 cm³/mol. The molecule has 1 aromatic carbocycles. The summed E-state index contributed by atoms with van der Waals surface area (Å²) in [5.41, 5.74) is 0.787. The maximum Gasteiger partial charge on any atom is 0.239 e. The van der Waals surface area contributed by atoms with Gasteiger partial charge in [-0.3, -0.25) is 4.79 Å². The highest BCUT2D eigenvalue weighted by atomic mass is 79.9. The number of benzene rings is 1. The minimum absolute atomic E-state index is 0. The minimum atomic E-state index is -0.339. The van der Waals surface area contributed by atoms with Gasteiger partial charge in [-0.2, -0.15) is 0 Å². The summed E-state index contributed by atoms with van der Waals surface area (Å²) in [5.74, 6) is -0.358. The van der Waals surface area contributed by atoms with Gasteiger partial charge >= 0.3 is 0 Å². The highest BCUT2D eigenvalue weighted by Gasteiger charge is 2.18. The van der Waals surface area contributed by atoms with Crippen LogP contribution in [0.25, 0.3) is 0 Å². The summed E-state index contributed by atoms with van der Waals surface area (Å²) in [4.78, 5) is 13.3. The molecule has 102 valence electrons. The van der Waals surface area contributed by atoms with E-state index in [2.05, 4.69) is 5.32 Å². The lowest BCUT2D eigenvalue weighted by atomic mass is 10.0. The lowest BCUT2D eigenvalue weighted by molar-refractivity contribution is -0.130. The molecule has 0 heterocycles. The molecular formula is C12H19BrN2O3. The second-order valence-electron chi connectivity index (χ2n) is 4.10. The zero-order chi connectivity index (χ0) is 13.0. The van der Waals surface area contributed by atoms with Crippen molar-refractivity contribution in [2.75, 3.05) is 21.1 Å². The number of hydrogen-bond acceptors (Lipinski definition) is 4. The van der Waals surface area contributed by atoms with Crippen molar-refractivity contribution in [1.82, 2.24) is 10.2 Å². The molecule has 0 aliphatic heterocycles. The molecule has 0 aromatic heterocycles. The van der Waals surface area contributed by atoms with E-state index in [9.17, 15) is 15.0 Å². The van der Waals surface area contributed by atoms with Crippen molar-refractivity contribution in [2.45, 2.75) is 12.5 Å². The summed E-state index contributed by atoms with van der Waals surface area (Å²) >= 11 is 0. The quantitative estimate of drug-likeness (QED) is 0.721. The van der Waals surface area contributed by atoms with Gasteiger partial charge in [0.25, 0.3) is 0 Å². The van der Waals surface area contributed by atoms with Crippen LogP contribution in [0.1, 0.15) is 5.56 Å². The number of amides is 1. The number of phenols is 2. The Morgan fingerprint density at radius 2 is 1.94 bits per heavy atom. The number of carbonyl (C=O) groups is 1. The molecule has 1 unspecified atom stereocenters. The second kappa shape index (κ2) is 7.23. The van der Waals surface area contributed by atoms with Gasteiger partial charge in [0.1, 0.15) is 0 Å². The first-order valence-corrected chi connectivity index (χ1v) is 5.35. The third kappa shape index (κ3) is 4.19. The summed E-state index contributed by atoms with van der Waals surface area (Å²) in [6.45, 7) is 0. The Hall–Kier alpha value is -1.27. The maximum absolute atomic E-state index is 11.8. The molecular weight excluding hydrogens is 300 g/mol. The number of phenolic OH excluding ortho intramolecular Hbond substituents is 2. The largest absolute Gasteiger partial charge is 0.504 e. The summed E-state index contributed by atoms with van der Waals surface area (Å²) in [6, 6.07) is 4.22. The van der Waals surface area contributed by atoms with E-state index in [0.29, 0.717) is 6.42 Å². The van der Waals surface area contributed by atoms with E-state index in [1.165, 1.54) is 17.0 Å². The van der Waals surface area contributed by atoms with Crippen LogP contribution >= 0.6 is 17.0 Å². The Balaban J connectivity index is 0.00000289. The molecule has 1 rings (SSSR count). The fourth-order valence-corrected chi connectivity index (χ4v) is 1.56. The zero-order valence-electron chi connectivity index (χ0n) is 10.7. The minimum Gasteiger partial charge on any atom is -0.504 e. The molecule has 3 N–H and O–H groups in total. The molecule has 1 amide bonds. The molecule has 0 radical (unpaired) electrons. The molecule has 0 aliphatic rings. The SMILES string of the molecule is Br.CNC(Cc1ccc(O)c(O)c1)C(=O)N(C)C. The zero-order valence-corrected chi connectivity index (χ0v) is 12.4. The highest BCUT2D eigenvalue weighted by molar-refractivity contribution is 8.93. The van der Waals surface area contributed by atoms with Crippen molar-refractivity contribution in [1.29, 1.82) is 0 Å². The maximum atomic E-state index is 11.8. The Morgan fingerprint density at radius 3 is 2.39 bits per heavy atom. The summed E-state index contributed by atoms with van der Waals surface area (Å²) in [6.07, 6.45) is 0.460. The first kappa shape index (κ1) is 16.7. The van der Waals surface area contributed by atoms with E-state index in [0.717, 1.165) is 5.56 Å². The number of carbonyl (C=O) groups excluding carboxylic acids is 1. The molecule has 1 aromatic rings. The third-order valence-corrected chi connectivity index (χ3v) is 2.57. The first-order valence-electron chi connectivity index (χ1n) is 5.35. The fraction of sp³-hybridized carbons (Fsp3) is 0.417. The Bertz CT molecular complexity index is 410. The molecule has 0 saturated heterocycles. The van der Waals surface area contributed by atoms with Gasteiger partial charge in [0.15, 0.2) is 11.5 Å². The van der Waals surface area contributed by atoms with Gasteiger partial charge in [0.2, 0.25) is 5.91 Å². The predicted octanol–water partition coefficient (Wildman–Crippen LogP) is 0.894. The van der Waals surface area contributed by atoms with Gasteiger partial charge in [-0.1, -0.05) is 6.07 Å². The molecule has 5 nitrogen and oxygen atoms in total. The molecule has 18 heavy (non-hydrogen) atoms. The number of nitrogens with zero attached hydrogens (tertiary/aromatic N) is 1. The lowest BCUT2D eigenvalue weighted by Crippen LogP contribution is -2.43.